The zero-order valence-electron chi connectivity index (χ0n) is 27.7. The van der Waals surface area contributed by atoms with Gasteiger partial charge in [-0.3, -0.25) is 10.2 Å². The summed E-state index contributed by atoms with van der Waals surface area (Å²) in [5, 5.41) is 28.4. The van der Waals surface area contributed by atoms with E-state index in [0.717, 1.165) is 0 Å². The Morgan fingerprint density at radius 2 is 1.29 bits per heavy atom. The van der Waals surface area contributed by atoms with Crippen LogP contribution in [-0.4, -0.2) is 64.3 Å². The van der Waals surface area contributed by atoms with Crippen molar-refractivity contribution >= 4 is 64.0 Å². The van der Waals surface area contributed by atoms with Crippen molar-refractivity contribution in [2.24, 2.45) is 18.9 Å². The van der Waals surface area contributed by atoms with Crippen LogP contribution in [0.4, 0.5) is 5.69 Å². The number of aromatic carboxylic acids is 1. The number of aromatic nitrogens is 4. The van der Waals surface area contributed by atoms with Crippen LogP contribution >= 0.6 is 46.4 Å². The van der Waals surface area contributed by atoms with Gasteiger partial charge in [-0.15, -0.1) is 0 Å². The predicted octanol–water partition coefficient (Wildman–Crippen LogP) is 6.35. The smallest absolute Gasteiger partial charge is 0.354 e. The summed E-state index contributed by atoms with van der Waals surface area (Å²) in [6, 6.07) is 2.95. The summed E-state index contributed by atoms with van der Waals surface area (Å²) in [4.78, 5) is 31.1. The lowest BCUT2D eigenvalue weighted by atomic mass is 10.3. The monoisotopic (exact) mass is 783 g/mol. The van der Waals surface area contributed by atoms with Gasteiger partial charge in [-0.2, -0.15) is 4.73 Å². The molecule has 2 aliphatic rings. The normalized spacial score (nSPS) is 13.1. The van der Waals surface area contributed by atoms with Gasteiger partial charge in [0.15, 0.2) is 41.1 Å². The van der Waals surface area contributed by atoms with E-state index in [4.69, 9.17) is 81.1 Å². The molecule has 18 heteroatoms. The SMILES string of the molecule is COc1cnc(C(=O)Nc2c(Cl)c[n+](C)cc2Cl)cc1OCC1CC1.COc1cnc(C(=O)O)cc1OCC1CC1.N=c1c(Cl)cn(O)cc1Cl. The molecule has 4 N–H and O–H groups in total. The minimum atomic E-state index is -1.07. The van der Waals surface area contributed by atoms with E-state index in [9.17, 15) is 9.59 Å². The van der Waals surface area contributed by atoms with Crippen molar-refractivity contribution in [3.05, 3.63) is 86.1 Å². The first-order valence-corrected chi connectivity index (χ1v) is 16.8. The highest BCUT2D eigenvalue weighted by atomic mass is 35.5. The molecular weight excluding hydrogens is 750 g/mol. The van der Waals surface area contributed by atoms with E-state index < -0.39 is 11.9 Å². The van der Waals surface area contributed by atoms with Crippen LogP contribution in [0.5, 0.6) is 23.0 Å². The summed E-state index contributed by atoms with van der Waals surface area (Å²) >= 11 is 23.2. The van der Waals surface area contributed by atoms with Crippen molar-refractivity contribution in [3.63, 3.8) is 0 Å². The molecule has 6 rings (SSSR count). The van der Waals surface area contributed by atoms with Gasteiger partial charge < -0.3 is 34.6 Å². The van der Waals surface area contributed by atoms with Crippen molar-refractivity contribution in [2.75, 3.05) is 32.8 Å². The molecule has 2 saturated carbocycles. The zero-order valence-corrected chi connectivity index (χ0v) is 30.7. The molecule has 0 spiro atoms. The molecule has 4 aromatic rings. The van der Waals surface area contributed by atoms with Gasteiger partial charge in [0.05, 0.1) is 73.3 Å². The van der Waals surface area contributed by atoms with Gasteiger partial charge in [-0.1, -0.05) is 46.4 Å². The molecule has 0 saturated heterocycles. The van der Waals surface area contributed by atoms with Crippen LogP contribution < -0.4 is 34.2 Å². The molecule has 51 heavy (non-hydrogen) atoms. The number of anilines is 1. The van der Waals surface area contributed by atoms with E-state index >= 15 is 0 Å². The molecule has 0 radical (unpaired) electrons. The first-order chi connectivity index (χ1) is 24.3. The number of rotatable bonds is 11. The van der Waals surface area contributed by atoms with Gasteiger partial charge in [0.25, 0.3) is 5.91 Å². The number of hydrogen-bond donors (Lipinski definition) is 4. The highest BCUT2D eigenvalue weighted by Crippen LogP contribution is 2.34. The van der Waals surface area contributed by atoms with Gasteiger partial charge in [0.2, 0.25) is 0 Å². The topological polar surface area (TPSA) is 182 Å². The second-order valence-corrected chi connectivity index (χ2v) is 13.0. The third-order valence-electron chi connectivity index (χ3n) is 7.22. The Hall–Kier alpha value is -4.50. The molecule has 4 heterocycles. The molecular formula is C33H35Cl4N6O8+. The van der Waals surface area contributed by atoms with Gasteiger partial charge in [-0.05, 0) is 37.5 Å². The fraction of sp³-hybridized carbons (Fsp3) is 0.333. The van der Waals surface area contributed by atoms with Crippen LogP contribution in [0, 0.1) is 17.2 Å². The molecule has 14 nitrogen and oxygen atoms in total. The second kappa shape index (κ2) is 18.1. The van der Waals surface area contributed by atoms with Crippen molar-refractivity contribution in [2.45, 2.75) is 25.7 Å². The lowest BCUT2D eigenvalue weighted by Gasteiger charge is -2.12. The molecule has 272 valence electrons. The minimum absolute atomic E-state index is 0.0219. The number of carbonyl (C=O) groups is 2. The second-order valence-electron chi connectivity index (χ2n) is 11.4. The molecule has 1 amide bonds. The van der Waals surface area contributed by atoms with Gasteiger partial charge in [0.1, 0.15) is 22.8 Å². The average Bonchev–Trinajstić information content (AvgIpc) is 4.03. The van der Waals surface area contributed by atoms with E-state index in [0.29, 0.717) is 68.5 Å². The number of aryl methyl sites for hydroxylation is 1. The van der Waals surface area contributed by atoms with E-state index in [2.05, 4.69) is 15.3 Å². The molecule has 0 aliphatic heterocycles. The molecule has 0 bridgehead atoms. The Labute approximate surface area is 312 Å². The van der Waals surface area contributed by atoms with Crippen molar-refractivity contribution in [1.29, 1.82) is 5.41 Å². The van der Waals surface area contributed by atoms with Gasteiger partial charge >= 0.3 is 5.97 Å². The number of carboxylic acid groups (broad SMARTS) is 1. The van der Waals surface area contributed by atoms with Crippen LogP contribution in [-0.2, 0) is 7.05 Å². The average molecular weight is 785 g/mol. The third kappa shape index (κ3) is 11.8. The van der Waals surface area contributed by atoms with Crippen LogP contribution in [0.15, 0.2) is 49.3 Å². The standard InChI is InChI=1S/C17H17Cl2N3O3.C11H13NO4.C5H4Cl2N2O/c1-22-7-11(18)16(12(19)8-22)21-17(23)13-5-14(15(24-2)6-20-13)25-9-10-3-4-10;1-15-10-5-12-8(11(13)14)4-9(10)16-6-7-2-3-7;6-3-1-9(10)2-4(7)5(3)8/h5-8,10H,3-4,9H2,1-2H3;4-5,7H,2-3,6H2,1H3,(H,13,14);1-2,8,10H/p+1. The van der Waals surface area contributed by atoms with E-state index in [1.54, 1.807) is 30.1 Å². The zero-order chi connectivity index (χ0) is 37.2. The minimum Gasteiger partial charge on any atom is -0.491 e. The van der Waals surface area contributed by atoms with Gasteiger partial charge in [0, 0.05) is 12.1 Å². The Morgan fingerprint density at radius 1 is 0.843 bits per heavy atom. The first kappa shape index (κ1) is 39.3. The number of nitrogens with one attached hydrogen (secondary N) is 2. The van der Waals surface area contributed by atoms with Crippen LogP contribution in [0.2, 0.25) is 20.1 Å². The summed E-state index contributed by atoms with van der Waals surface area (Å²) in [5.74, 6) is 1.57. The number of hydrogen-bond acceptors (Lipinski definition) is 10. The van der Waals surface area contributed by atoms with Crippen LogP contribution in [0.3, 0.4) is 0 Å². The van der Waals surface area contributed by atoms with E-state index in [1.165, 1.54) is 70.8 Å². The maximum absolute atomic E-state index is 12.5. The highest BCUT2D eigenvalue weighted by molar-refractivity contribution is 6.39. The lowest BCUT2D eigenvalue weighted by molar-refractivity contribution is -0.671. The molecule has 2 aliphatic carbocycles. The van der Waals surface area contributed by atoms with E-state index in [1.807, 2.05) is 0 Å². The molecule has 0 unspecified atom stereocenters. The molecule has 0 aromatic carbocycles. The summed E-state index contributed by atoms with van der Waals surface area (Å²) in [5.41, 5.74) is 0.489. The number of carboxylic acids is 1. The summed E-state index contributed by atoms with van der Waals surface area (Å²) in [6.45, 7) is 1.22. The fourth-order valence-corrected chi connectivity index (χ4v) is 5.16. The number of carbonyl (C=O) groups excluding carboxylic acids is 1. The van der Waals surface area contributed by atoms with Gasteiger partial charge in [-0.25, -0.2) is 19.3 Å². The Morgan fingerprint density at radius 3 is 1.73 bits per heavy atom. The fourth-order valence-electron chi connectivity index (χ4n) is 4.05. The highest BCUT2D eigenvalue weighted by Gasteiger charge is 2.24. The molecule has 2 fully saturated rings. The first-order valence-electron chi connectivity index (χ1n) is 15.3. The quantitative estimate of drug-likeness (QED) is 0.0988. The summed E-state index contributed by atoms with van der Waals surface area (Å²) in [7, 11) is 4.82. The maximum atomic E-state index is 12.5. The summed E-state index contributed by atoms with van der Waals surface area (Å²) < 4.78 is 24.0. The maximum Gasteiger partial charge on any atom is 0.354 e. The van der Waals surface area contributed by atoms with Crippen molar-refractivity contribution in [3.8, 4) is 23.0 Å². The third-order valence-corrected chi connectivity index (χ3v) is 8.36. The van der Waals surface area contributed by atoms with Crippen LogP contribution in [0.25, 0.3) is 0 Å². The number of halogens is 4. The summed E-state index contributed by atoms with van der Waals surface area (Å²) in [6.07, 6.45) is 13.2. The largest absolute Gasteiger partial charge is 0.491 e. The molecule has 4 aromatic heterocycles. The lowest BCUT2D eigenvalue weighted by Crippen LogP contribution is -2.27. The number of amides is 1. The number of methoxy groups -OCH3 is 2. The number of nitrogens with zero attached hydrogens (tertiary/aromatic N) is 4. The predicted molar refractivity (Wildman–Crippen MR) is 188 cm³/mol. The Balaban J connectivity index is 0.000000191. The van der Waals surface area contributed by atoms with E-state index in [-0.39, 0.29) is 26.8 Å². The number of ether oxygens (including phenoxy) is 4. The molecule has 0 atom stereocenters. The van der Waals surface area contributed by atoms with Crippen LogP contribution in [0.1, 0.15) is 46.7 Å². The van der Waals surface area contributed by atoms with Crippen molar-refractivity contribution in [1.82, 2.24) is 14.7 Å². The van der Waals surface area contributed by atoms with Crippen molar-refractivity contribution < 1.29 is 43.4 Å². The Kier molecular flexibility index (Phi) is 14.0. The number of pyridine rings is 4. The Bertz CT molecular complexity index is 1890.